The lowest BCUT2D eigenvalue weighted by Gasteiger charge is -2.43. The lowest BCUT2D eigenvalue weighted by Crippen LogP contribution is -2.53. The summed E-state index contributed by atoms with van der Waals surface area (Å²) in [6.07, 6.45) is 6.94. The van der Waals surface area contributed by atoms with Gasteiger partial charge >= 0.3 is 0 Å². The van der Waals surface area contributed by atoms with Crippen molar-refractivity contribution in [3.63, 3.8) is 0 Å². The first-order valence-electron chi connectivity index (χ1n) is 10.8. The molecule has 2 saturated carbocycles. The van der Waals surface area contributed by atoms with Crippen LogP contribution in [0, 0.1) is 22.6 Å². The summed E-state index contributed by atoms with van der Waals surface area (Å²) in [7, 11) is 0. The summed E-state index contributed by atoms with van der Waals surface area (Å²) in [5, 5.41) is 3.63. The van der Waals surface area contributed by atoms with Gasteiger partial charge in [0.15, 0.2) is 0 Å². The first kappa shape index (κ1) is 20.1. The highest BCUT2D eigenvalue weighted by Crippen LogP contribution is 2.62. The normalized spacial score (nSPS) is 27.5. The zero-order valence-corrected chi connectivity index (χ0v) is 17.8. The van der Waals surface area contributed by atoms with Crippen molar-refractivity contribution in [3.05, 3.63) is 46.0 Å². The number of halogens is 1. The third kappa shape index (κ3) is 3.19. The first-order chi connectivity index (χ1) is 13.7. The van der Waals surface area contributed by atoms with E-state index in [0.29, 0.717) is 23.4 Å². The van der Waals surface area contributed by atoms with Crippen molar-refractivity contribution in [2.75, 3.05) is 0 Å². The number of hydrogen-bond donors (Lipinski definition) is 1. The summed E-state index contributed by atoms with van der Waals surface area (Å²) in [4.78, 5) is 26.4. The van der Waals surface area contributed by atoms with E-state index in [1.807, 2.05) is 4.57 Å². The van der Waals surface area contributed by atoms with Crippen molar-refractivity contribution in [2.45, 2.75) is 72.4 Å². The maximum atomic E-state index is 13.8. The van der Waals surface area contributed by atoms with Crippen molar-refractivity contribution in [3.8, 4) is 0 Å². The van der Waals surface area contributed by atoms with E-state index in [2.05, 4.69) is 33.0 Å². The summed E-state index contributed by atoms with van der Waals surface area (Å²) < 4.78 is 15.7. The van der Waals surface area contributed by atoms with Gasteiger partial charge in [0.2, 0.25) is 5.43 Å². The number of aryl methyl sites for hydroxylation is 1. The van der Waals surface area contributed by atoms with Crippen LogP contribution >= 0.6 is 0 Å². The maximum absolute atomic E-state index is 13.8. The molecular weight excluding hydrogens is 367 g/mol. The Morgan fingerprint density at radius 3 is 2.72 bits per heavy atom. The molecule has 0 radical (unpaired) electrons. The molecule has 0 aliphatic heterocycles. The Bertz CT molecular complexity index is 1020. The molecular formula is C24H31FN2O2. The SMILES string of the molecule is CCCCn1cc(C(=O)N[C@@H]2C(C)(C)C3CC[C@]2(C)C3)c(=O)c2ccc(F)cc21. The van der Waals surface area contributed by atoms with E-state index in [1.54, 1.807) is 6.20 Å². The van der Waals surface area contributed by atoms with Crippen LogP contribution in [0.3, 0.4) is 0 Å². The van der Waals surface area contributed by atoms with Crippen molar-refractivity contribution >= 4 is 16.8 Å². The first-order valence-corrected chi connectivity index (χ1v) is 10.8. The molecule has 29 heavy (non-hydrogen) atoms. The molecule has 1 aromatic heterocycles. The average Bonchev–Trinajstić information content (AvgIpc) is 3.15. The predicted octanol–water partition coefficient (Wildman–Crippen LogP) is 4.89. The topological polar surface area (TPSA) is 51.1 Å². The molecule has 5 heteroatoms. The van der Waals surface area contributed by atoms with Gasteiger partial charge in [-0.2, -0.15) is 0 Å². The van der Waals surface area contributed by atoms with Gasteiger partial charge in [0.25, 0.3) is 5.91 Å². The number of carbonyl (C=O) groups is 1. The Morgan fingerprint density at radius 1 is 1.31 bits per heavy atom. The number of amides is 1. The molecule has 4 rings (SSSR count). The van der Waals surface area contributed by atoms with E-state index in [4.69, 9.17) is 0 Å². The molecule has 1 amide bonds. The lowest BCUT2D eigenvalue weighted by atomic mass is 9.68. The Balaban J connectivity index is 1.73. The standard InChI is InChI=1S/C24H31FN2O2/c1-5-6-11-27-14-18(20(28)17-8-7-16(25)12-19(17)27)21(29)26-22-23(2,3)15-9-10-24(22,4)13-15/h7-8,12,14-15,22H,5-6,9-11,13H2,1-4H3,(H,26,29)/t15?,22-,24-/m1/s1. The van der Waals surface area contributed by atoms with Gasteiger partial charge in [-0.1, -0.05) is 34.1 Å². The van der Waals surface area contributed by atoms with Gasteiger partial charge in [-0.25, -0.2) is 4.39 Å². The smallest absolute Gasteiger partial charge is 0.257 e. The van der Waals surface area contributed by atoms with E-state index in [-0.39, 0.29) is 39.6 Å². The third-order valence-electron chi connectivity index (χ3n) is 7.59. The van der Waals surface area contributed by atoms with Crippen molar-refractivity contribution < 1.29 is 9.18 Å². The number of aromatic nitrogens is 1. The average molecular weight is 399 g/mol. The summed E-state index contributed by atoms with van der Waals surface area (Å²) in [6, 6.07) is 4.22. The van der Waals surface area contributed by atoms with Crippen LogP contribution in [-0.2, 0) is 6.54 Å². The molecule has 2 aliphatic carbocycles. The van der Waals surface area contributed by atoms with Crippen LogP contribution < -0.4 is 10.7 Å². The number of carbonyl (C=O) groups excluding carboxylic acids is 1. The molecule has 2 aromatic rings. The summed E-state index contributed by atoms with van der Waals surface area (Å²) in [5.74, 6) is -0.0760. The second-order valence-electron chi connectivity index (χ2n) is 9.90. The number of pyridine rings is 1. The second kappa shape index (κ2) is 6.96. The molecule has 0 spiro atoms. The fourth-order valence-electron chi connectivity index (χ4n) is 5.91. The highest BCUT2D eigenvalue weighted by atomic mass is 19.1. The van der Waals surface area contributed by atoms with Gasteiger partial charge in [-0.15, -0.1) is 0 Å². The summed E-state index contributed by atoms with van der Waals surface area (Å²) in [5.41, 5.74) is 0.487. The quantitative estimate of drug-likeness (QED) is 0.780. The third-order valence-corrected chi connectivity index (χ3v) is 7.59. The van der Waals surface area contributed by atoms with E-state index in [1.165, 1.54) is 24.6 Å². The van der Waals surface area contributed by atoms with Crippen LogP contribution in [0.1, 0.15) is 70.2 Å². The van der Waals surface area contributed by atoms with Gasteiger partial charge < -0.3 is 9.88 Å². The number of unbranched alkanes of at least 4 members (excludes halogenated alkanes) is 1. The lowest BCUT2D eigenvalue weighted by molar-refractivity contribution is 0.0736. The maximum Gasteiger partial charge on any atom is 0.257 e. The minimum Gasteiger partial charge on any atom is -0.348 e. The molecule has 3 atom stereocenters. The molecule has 1 unspecified atom stereocenters. The van der Waals surface area contributed by atoms with E-state index < -0.39 is 0 Å². The monoisotopic (exact) mass is 398 g/mol. The second-order valence-corrected chi connectivity index (χ2v) is 9.90. The van der Waals surface area contributed by atoms with Crippen molar-refractivity contribution in [1.29, 1.82) is 0 Å². The number of fused-ring (bicyclic) bond motifs is 3. The number of nitrogens with zero attached hydrogens (tertiary/aromatic N) is 1. The molecule has 2 bridgehead atoms. The Labute approximate surface area is 171 Å². The molecule has 1 N–H and O–H groups in total. The van der Waals surface area contributed by atoms with Gasteiger partial charge in [0.1, 0.15) is 11.4 Å². The van der Waals surface area contributed by atoms with Crippen molar-refractivity contribution in [2.24, 2.45) is 16.7 Å². The fourth-order valence-corrected chi connectivity index (χ4v) is 5.91. The molecule has 4 nitrogen and oxygen atoms in total. The molecule has 0 saturated heterocycles. The Morgan fingerprint density at radius 2 is 2.07 bits per heavy atom. The van der Waals surface area contributed by atoms with Crippen LogP contribution in [0.25, 0.3) is 10.9 Å². The molecule has 1 aromatic carbocycles. The number of hydrogen-bond acceptors (Lipinski definition) is 2. The van der Waals surface area contributed by atoms with Crippen LogP contribution in [0.4, 0.5) is 4.39 Å². The molecule has 156 valence electrons. The van der Waals surface area contributed by atoms with Crippen LogP contribution in [0.2, 0.25) is 0 Å². The van der Waals surface area contributed by atoms with E-state index in [9.17, 15) is 14.0 Å². The number of benzene rings is 1. The predicted molar refractivity (Wildman–Crippen MR) is 114 cm³/mol. The number of nitrogens with one attached hydrogen (secondary N) is 1. The van der Waals surface area contributed by atoms with Crippen LogP contribution in [-0.4, -0.2) is 16.5 Å². The van der Waals surface area contributed by atoms with E-state index >= 15 is 0 Å². The van der Waals surface area contributed by atoms with Gasteiger partial charge in [0, 0.05) is 24.2 Å². The van der Waals surface area contributed by atoms with Gasteiger partial charge in [0.05, 0.1) is 5.52 Å². The minimum absolute atomic E-state index is 0.0177. The van der Waals surface area contributed by atoms with Gasteiger partial charge in [-0.3, -0.25) is 9.59 Å². The zero-order chi connectivity index (χ0) is 21.0. The zero-order valence-electron chi connectivity index (χ0n) is 17.8. The van der Waals surface area contributed by atoms with Gasteiger partial charge in [-0.05, 0) is 60.6 Å². The minimum atomic E-state index is -0.379. The Kier molecular flexibility index (Phi) is 4.83. The van der Waals surface area contributed by atoms with Crippen molar-refractivity contribution in [1.82, 2.24) is 9.88 Å². The highest BCUT2D eigenvalue weighted by molar-refractivity contribution is 5.97. The highest BCUT2D eigenvalue weighted by Gasteiger charge is 2.59. The molecule has 2 aliphatic rings. The number of rotatable bonds is 5. The summed E-state index contributed by atoms with van der Waals surface area (Å²) >= 11 is 0. The Hall–Kier alpha value is -2.17. The molecule has 1 heterocycles. The van der Waals surface area contributed by atoms with Crippen LogP contribution in [0.15, 0.2) is 29.2 Å². The van der Waals surface area contributed by atoms with E-state index in [0.717, 1.165) is 25.7 Å². The molecule has 2 fully saturated rings. The fraction of sp³-hybridized carbons (Fsp3) is 0.583. The summed E-state index contributed by atoms with van der Waals surface area (Å²) in [6.45, 7) is 9.45. The largest absolute Gasteiger partial charge is 0.348 e. The van der Waals surface area contributed by atoms with Crippen LogP contribution in [0.5, 0.6) is 0 Å².